The quantitative estimate of drug-likeness (QED) is 0.491. The highest BCUT2D eigenvalue weighted by Crippen LogP contribution is 2.43. The van der Waals surface area contributed by atoms with Gasteiger partial charge in [-0.05, 0) is 12.0 Å². The van der Waals surface area contributed by atoms with Gasteiger partial charge in [0.05, 0.1) is 5.69 Å². The van der Waals surface area contributed by atoms with Gasteiger partial charge in [0.1, 0.15) is 0 Å². The van der Waals surface area contributed by atoms with Gasteiger partial charge in [0.25, 0.3) is 0 Å². The number of amides is 3. The van der Waals surface area contributed by atoms with Crippen molar-refractivity contribution in [3.05, 3.63) is 17.3 Å². The van der Waals surface area contributed by atoms with Gasteiger partial charge in [-0.15, -0.1) is 0 Å². The number of imide groups is 1. The summed E-state index contributed by atoms with van der Waals surface area (Å²) in [6.45, 7) is 1.97. The molecule has 0 spiro atoms. The van der Waals surface area contributed by atoms with E-state index in [2.05, 4.69) is 4.98 Å². The number of hydrogen-bond acceptors (Lipinski definition) is 4. The molecule has 1 aromatic rings. The predicted molar refractivity (Wildman–Crippen MR) is 117 cm³/mol. The molecule has 1 aliphatic heterocycles. The Labute approximate surface area is 201 Å². The predicted octanol–water partition coefficient (Wildman–Crippen LogP) is 5.44. The molecule has 2 N–H and O–H groups in total. The van der Waals surface area contributed by atoms with Crippen molar-refractivity contribution in [3.8, 4) is 0 Å². The number of anilines is 2. The van der Waals surface area contributed by atoms with E-state index in [0.717, 1.165) is 6.20 Å². The summed E-state index contributed by atoms with van der Waals surface area (Å²) in [7, 11) is 0. The molecule has 8 nitrogen and oxygen atoms in total. The van der Waals surface area contributed by atoms with Gasteiger partial charge in [0.2, 0.25) is 5.91 Å². The van der Waals surface area contributed by atoms with E-state index >= 15 is 0 Å². The molecule has 1 saturated heterocycles. The molecule has 1 aromatic heterocycles. The number of pyridine rings is 1. The summed E-state index contributed by atoms with van der Waals surface area (Å²) >= 11 is 35.6. The molecular weight excluding hydrogens is 527 g/mol. The highest BCUT2D eigenvalue weighted by atomic mass is 35.6. The number of hydrogen-bond donors (Lipinski definition) is 2. The van der Waals surface area contributed by atoms with Crippen LogP contribution in [0.2, 0.25) is 0 Å². The Morgan fingerprint density at radius 3 is 2.07 bits per heavy atom. The van der Waals surface area contributed by atoms with Crippen LogP contribution in [0.25, 0.3) is 0 Å². The Morgan fingerprint density at radius 1 is 1.13 bits per heavy atom. The minimum absolute atomic E-state index is 0.0294. The summed E-state index contributed by atoms with van der Waals surface area (Å²) in [4.78, 5) is 41.2. The molecule has 1 unspecified atom stereocenters. The first-order valence-corrected chi connectivity index (χ1v) is 10.6. The third-order valence-corrected chi connectivity index (χ3v) is 5.11. The van der Waals surface area contributed by atoms with Crippen molar-refractivity contribution >= 4 is 99.2 Å². The average Bonchev–Trinajstić information content (AvgIpc) is 2.86. The van der Waals surface area contributed by atoms with Crippen LogP contribution in [0.5, 0.6) is 0 Å². The Balaban J connectivity index is 2.85. The Bertz CT molecular complexity index is 856. The molecule has 14 heteroatoms. The van der Waals surface area contributed by atoms with Gasteiger partial charge in [-0.2, -0.15) is 4.90 Å². The number of aromatic nitrogens is 1. The monoisotopic (exact) mass is 539 g/mol. The standard InChI is InChI=1S/C16H15Cl6N3O5/c1-7-2-3-24(12(7)26)10-8(4-15(17,18)19)6-23-11(9(10)5-16(20,21)22)25(13(27)28)14(29)30/h6-7H,2-5H2,1H3,(H,27,28)(H,29,30). The van der Waals surface area contributed by atoms with E-state index in [9.17, 15) is 24.6 Å². The Hall–Kier alpha value is -0.900. The van der Waals surface area contributed by atoms with Crippen LogP contribution in [0.1, 0.15) is 24.5 Å². The molecule has 0 aromatic carbocycles. The van der Waals surface area contributed by atoms with Crippen LogP contribution in [-0.2, 0) is 17.6 Å². The van der Waals surface area contributed by atoms with Crippen molar-refractivity contribution in [3.63, 3.8) is 0 Å². The van der Waals surface area contributed by atoms with Gasteiger partial charge in [0, 0.05) is 37.1 Å². The average molecular weight is 542 g/mol. The largest absolute Gasteiger partial charge is 0.464 e. The molecule has 0 radical (unpaired) electrons. The van der Waals surface area contributed by atoms with Crippen molar-refractivity contribution in [2.45, 2.75) is 33.8 Å². The number of carbonyl (C=O) groups is 3. The molecule has 30 heavy (non-hydrogen) atoms. The highest BCUT2D eigenvalue weighted by Gasteiger charge is 2.39. The fourth-order valence-corrected chi connectivity index (χ4v) is 3.96. The second-order valence-corrected chi connectivity index (χ2v) is 11.6. The zero-order valence-electron chi connectivity index (χ0n) is 15.2. The maximum Gasteiger partial charge on any atom is 0.422 e. The minimum atomic E-state index is -1.97. The third kappa shape index (κ3) is 6.08. The third-order valence-electron chi connectivity index (χ3n) is 4.31. The SMILES string of the molecule is CC1CCN(c2c(CC(Cl)(Cl)Cl)cnc(N(C(=O)O)C(=O)O)c2CC(Cl)(Cl)Cl)C1=O. The topological polar surface area (TPSA) is 111 Å². The fourth-order valence-electron chi connectivity index (χ4n) is 3.12. The zero-order valence-corrected chi connectivity index (χ0v) is 19.7. The summed E-state index contributed by atoms with van der Waals surface area (Å²) in [5, 5.41) is 18.8. The number of carboxylic acid groups (broad SMARTS) is 2. The van der Waals surface area contributed by atoms with Gasteiger partial charge in [-0.3, -0.25) is 4.79 Å². The second kappa shape index (κ2) is 9.30. The van der Waals surface area contributed by atoms with Crippen molar-refractivity contribution in [2.24, 2.45) is 5.92 Å². The molecule has 0 saturated carbocycles. The van der Waals surface area contributed by atoms with Crippen molar-refractivity contribution < 1.29 is 24.6 Å². The van der Waals surface area contributed by atoms with Crippen molar-refractivity contribution in [2.75, 3.05) is 16.3 Å². The molecule has 1 fully saturated rings. The van der Waals surface area contributed by atoms with Crippen LogP contribution in [0.3, 0.4) is 0 Å². The first-order valence-electron chi connectivity index (χ1n) is 8.34. The summed E-state index contributed by atoms with van der Waals surface area (Å²) in [5.74, 6) is -1.16. The lowest BCUT2D eigenvalue weighted by Gasteiger charge is -2.29. The maximum atomic E-state index is 12.8. The Morgan fingerprint density at radius 2 is 1.67 bits per heavy atom. The number of nitrogens with zero attached hydrogens (tertiary/aromatic N) is 3. The molecule has 166 valence electrons. The van der Waals surface area contributed by atoms with Crippen molar-refractivity contribution in [1.82, 2.24) is 4.98 Å². The van der Waals surface area contributed by atoms with E-state index in [1.807, 2.05) is 0 Å². The lowest BCUT2D eigenvalue weighted by atomic mass is 10.0. The summed E-state index contributed by atoms with van der Waals surface area (Å²) in [5.41, 5.74) is 0.273. The zero-order chi connectivity index (χ0) is 23.0. The molecule has 0 aliphatic carbocycles. The minimum Gasteiger partial charge on any atom is -0.464 e. The lowest BCUT2D eigenvalue weighted by molar-refractivity contribution is -0.119. The van der Waals surface area contributed by atoms with Gasteiger partial charge >= 0.3 is 12.2 Å². The normalized spacial score (nSPS) is 17.4. The van der Waals surface area contributed by atoms with Crippen LogP contribution in [-0.4, -0.2) is 47.4 Å². The van der Waals surface area contributed by atoms with Gasteiger partial charge in [-0.1, -0.05) is 76.5 Å². The van der Waals surface area contributed by atoms with Gasteiger partial charge in [0.15, 0.2) is 13.4 Å². The van der Waals surface area contributed by atoms with E-state index < -0.39 is 32.0 Å². The maximum absolute atomic E-state index is 12.8. The van der Waals surface area contributed by atoms with Crippen LogP contribution < -0.4 is 9.80 Å². The number of rotatable bonds is 4. The van der Waals surface area contributed by atoms with Crippen LogP contribution in [0.4, 0.5) is 21.1 Å². The van der Waals surface area contributed by atoms with Crippen LogP contribution in [0.15, 0.2) is 6.20 Å². The number of alkyl halides is 6. The van der Waals surface area contributed by atoms with E-state index in [1.165, 1.54) is 4.90 Å². The molecule has 1 aliphatic rings. The van der Waals surface area contributed by atoms with Gasteiger partial charge < -0.3 is 15.1 Å². The molecule has 3 amide bonds. The summed E-state index contributed by atoms with van der Waals surface area (Å²) in [6.07, 6.45) is -2.70. The first-order chi connectivity index (χ1) is 13.6. The second-order valence-electron chi connectivity index (χ2n) is 6.60. The summed E-state index contributed by atoms with van der Waals surface area (Å²) < 4.78 is -3.76. The molecule has 2 heterocycles. The number of halogens is 6. The first kappa shape index (κ1) is 25.4. The molecule has 1 atom stereocenters. The molecule has 2 rings (SSSR count). The summed E-state index contributed by atoms with van der Waals surface area (Å²) in [6, 6.07) is 0. The highest BCUT2D eigenvalue weighted by molar-refractivity contribution is 6.68. The molecule has 0 bridgehead atoms. The lowest BCUT2D eigenvalue weighted by Crippen LogP contribution is -2.38. The Kier molecular flexibility index (Phi) is 7.86. The smallest absolute Gasteiger partial charge is 0.422 e. The van der Waals surface area contributed by atoms with E-state index in [1.54, 1.807) is 6.92 Å². The fraction of sp³-hybridized carbons (Fsp3) is 0.500. The van der Waals surface area contributed by atoms with Crippen LogP contribution in [0, 0.1) is 5.92 Å². The van der Waals surface area contributed by atoms with Crippen LogP contribution >= 0.6 is 69.6 Å². The van der Waals surface area contributed by atoms with Crippen molar-refractivity contribution in [1.29, 1.82) is 0 Å². The number of carbonyl (C=O) groups excluding carboxylic acids is 1. The van der Waals surface area contributed by atoms with E-state index in [-0.39, 0.29) is 46.5 Å². The van der Waals surface area contributed by atoms with Gasteiger partial charge in [-0.25, -0.2) is 14.6 Å². The van der Waals surface area contributed by atoms with E-state index in [0.29, 0.717) is 6.42 Å². The molecular formula is C16H15Cl6N3O5. The van der Waals surface area contributed by atoms with E-state index in [4.69, 9.17) is 69.6 Å².